The zero-order valence-electron chi connectivity index (χ0n) is 18.7. The molecule has 1 heterocycles. The monoisotopic (exact) mass is 422 g/mol. The molecule has 1 fully saturated rings. The molecule has 3 rings (SSSR count). The van der Waals surface area contributed by atoms with E-state index in [0.29, 0.717) is 13.1 Å². The summed E-state index contributed by atoms with van der Waals surface area (Å²) in [5.41, 5.74) is 2.57. The highest BCUT2D eigenvalue weighted by Gasteiger charge is 2.28. The van der Waals surface area contributed by atoms with Crippen molar-refractivity contribution in [2.45, 2.75) is 19.4 Å². The van der Waals surface area contributed by atoms with Gasteiger partial charge in [-0.25, -0.2) is 0 Å². The summed E-state index contributed by atoms with van der Waals surface area (Å²) in [6.45, 7) is 6.57. The van der Waals surface area contributed by atoms with Gasteiger partial charge in [0.15, 0.2) is 0 Å². The van der Waals surface area contributed by atoms with Crippen molar-refractivity contribution in [3.63, 3.8) is 0 Å². The lowest BCUT2D eigenvalue weighted by Gasteiger charge is -2.40. The molecule has 0 atom stereocenters. The van der Waals surface area contributed by atoms with Gasteiger partial charge in [0.2, 0.25) is 11.8 Å². The minimum absolute atomic E-state index is 0.0130. The number of amides is 2. The predicted octanol–water partition coefficient (Wildman–Crippen LogP) is 2.38. The fourth-order valence-electron chi connectivity index (χ4n) is 4.14. The van der Waals surface area contributed by atoms with Gasteiger partial charge in [-0.05, 0) is 24.6 Å². The molecule has 1 aliphatic rings. The lowest BCUT2D eigenvalue weighted by Crippen LogP contribution is -2.51. The number of nitrogens with one attached hydrogen (secondary N) is 1. The van der Waals surface area contributed by atoms with E-state index in [0.717, 1.165) is 39.1 Å². The SMILES string of the molecule is CC(=O)NCCCN(C)CC(=O)N1CCN(C(c2ccccc2)c2ccccc2)CC1. The number of carbonyl (C=O) groups is 2. The molecular weight excluding hydrogens is 388 g/mol. The lowest BCUT2D eigenvalue weighted by atomic mass is 9.96. The molecule has 166 valence electrons. The maximum atomic E-state index is 12.8. The Labute approximate surface area is 185 Å². The van der Waals surface area contributed by atoms with Gasteiger partial charge in [-0.15, -0.1) is 0 Å². The van der Waals surface area contributed by atoms with E-state index in [2.05, 4.69) is 70.9 Å². The Morgan fingerprint density at radius 1 is 0.935 bits per heavy atom. The highest BCUT2D eigenvalue weighted by molar-refractivity contribution is 5.78. The summed E-state index contributed by atoms with van der Waals surface area (Å²) in [6.07, 6.45) is 0.840. The van der Waals surface area contributed by atoms with Crippen LogP contribution in [0.4, 0.5) is 0 Å². The van der Waals surface area contributed by atoms with E-state index in [-0.39, 0.29) is 17.9 Å². The van der Waals surface area contributed by atoms with Crippen LogP contribution in [0.15, 0.2) is 60.7 Å². The van der Waals surface area contributed by atoms with Crippen LogP contribution in [0.2, 0.25) is 0 Å². The van der Waals surface area contributed by atoms with Crippen LogP contribution in [0.1, 0.15) is 30.5 Å². The molecule has 2 amide bonds. The molecule has 0 aromatic heterocycles. The van der Waals surface area contributed by atoms with Gasteiger partial charge < -0.3 is 10.2 Å². The van der Waals surface area contributed by atoms with Gasteiger partial charge in [-0.2, -0.15) is 0 Å². The Kier molecular flexibility index (Phi) is 8.62. The third-order valence-corrected chi connectivity index (χ3v) is 5.76. The van der Waals surface area contributed by atoms with E-state index in [1.165, 1.54) is 18.1 Å². The van der Waals surface area contributed by atoms with Crippen LogP contribution in [0.5, 0.6) is 0 Å². The Morgan fingerprint density at radius 3 is 2.00 bits per heavy atom. The number of nitrogens with zero attached hydrogens (tertiary/aromatic N) is 3. The summed E-state index contributed by atoms with van der Waals surface area (Å²) >= 11 is 0. The number of benzene rings is 2. The van der Waals surface area contributed by atoms with Crippen molar-refractivity contribution in [1.29, 1.82) is 0 Å². The second kappa shape index (κ2) is 11.6. The van der Waals surface area contributed by atoms with Gasteiger partial charge >= 0.3 is 0 Å². The summed E-state index contributed by atoms with van der Waals surface area (Å²) in [7, 11) is 1.96. The maximum absolute atomic E-state index is 12.8. The van der Waals surface area contributed by atoms with Gasteiger partial charge in [0.05, 0.1) is 12.6 Å². The van der Waals surface area contributed by atoms with Crippen molar-refractivity contribution >= 4 is 11.8 Å². The number of carbonyl (C=O) groups excluding carboxylic acids is 2. The van der Waals surface area contributed by atoms with Crippen molar-refractivity contribution in [2.24, 2.45) is 0 Å². The number of piperazine rings is 1. The molecule has 1 saturated heterocycles. The van der Waals surface area contributed by atoms with Crippen LogP contribution in [0.3, 0.4) is 0 Å². The predicted molar refractivity (Wildman–Crippen MR) is 124 cm³/mol. The second-order valence-electron chi connectivity index (χ2n) is 8.21. The van der Waals surface area contributed by atoms with Crippen LogP contribution in [0.25, 0.3) is 0 Å². The van der Waals surface area contributed by atoms with Crippen LogP contribution in [-0.4, -0.2) is 79.4 Å². The Balaban J connectivity index is 1.53. The van der Waals surface area contributed by atoms with E-state index in [4.69, 9.17) is 0 Å². The number of hydrogen-bond donors (Lipinski definition) is 1. The quantitative estimate of drug-likeness (QED) is 0.631. The number of likely N-dealkylation sites (N-methyl/N-ethyl adjacent to an activating group) is 1. The Morgan fingerprint density at radius 2 is 1.48 bits per heavy atom. The van der Waals surface area contributed by atoms with Crippen molar-refractivity contribution in [1.82, 2.24) is 20.0 Å². The molecule has 1 N–H and O–H groups in total. The zero-order valence-corrected chi connectivity index (χ0v) is 18.7. The molecule has 0 unspecified atom stereocenters. The first-order chi connectivity index (χ1) is 15.0. The van der Waals surface area contributed by atoms with Crippen molar-refractivity contribution in [3.05, 3.63) is 71.8 Å². The van der Waals surface area contributed by atoms with Crippen molar-refractivity contribution in [2.75, 3.05) is 52.9 Å². The van der Waals surface area contributed by atoms with Crippen LogP contribution in [0, 0.1) is 0 Å². The average Bonchev–Trinajstić information content (AvgIpc) is 2.79. The normalized spacial score (nSPS) is 14.8. The first-order valence-corrected chi connectivity index (χ1v) is 11.1. The summed E-state index contributed by atoms with van der Waals surface area (Å²) in [5, 5.41) is 2.79. The molecule has 6 nitrogen and oxygen atoms in total. The standard InChI is InChI=1S/C25H34N4O2/c1-21(30)26-14-9-15-27(2)20-24(31)28-16-18-29(19-17-28)25(22-10-5-3-6-11-22)23-12-7-4-8-13-23/h3-8,10-13,25H,9,14-20H2,1-2H3,(H,26,30). The summed E-state index contributed by atoms with van der Waals surface area (Å²) in [5.74, 6) is 0.165. The molecule has 0 bridgehead atoms. The topological polar surface area (TPSA) is 55.9 Å². The van der Waals surface area contributed by atoms with E-state index >= 15 is 0 Å². The lowest BCUT2D eigenvalue weighted by molar-refractivity contribution is -0.134. The summed E-state index contributed by atoms with van der Waals surface area (Å²) in [6, 6.07) is 21.4. The molecule has 1 aliphatic heterocycles. The van der Waals surface area contributed by atoms with Crippen LogP contribution in [-0.2, 0) is 9.59 Å². The van der Waals surface area contributed by atoms with E-state index in [1.54, 1.807) is 0 Å². The number of hydrogen-bond acceptors (Lipinski definition) is 4. The fraction of sp³-hybridized carbons (Fsp3) is 0.440. The van der Waals surface area contributed by atoms with Gasteiger partial charge in [-0.3, -0.25) is 19.4 Å². The molecule has 31 heavy (non-hydrogen) atoms. The van der Waals surface area contributed by atoms with Crippen LogP contribution >= 0.6 is 0 Å². The average molecular weight is 423 g/mol. The summed E-state index contributed by atoms with van der Waals surface area (Å²) in [4.78, 5) is 30.2. The third-order valence-electron chi connectivity index (χ3n) is 5.76. The van der Waals surface area contributed by atoms with Crippen molar-refractivity contribution in [3.8, 4) is 0 Å². The molecule has 6 heteroatoms. The minimum Gasteiger partial charge on any atom is -0.356 e. The largest absolute Gasteiger partial charge is 0.356 e. The van der Waals surface area contributed by atoms with Gasteiger partial charge in [0.1, 0.15) is 0 Å². The number of rotatable bonds is 9. The molecule has 0 saturated carbocycles. The Hall–Kier alpha value is -2.70. The minimum atomic E-state index is -0.0130. The van der Waals surface area contributed by atoms with Gasteiger partial charge in [0.25, 0.3) is 0 Å². The molecular formula is C25H34N4O2. The smallest absolute Gasteiger partial charge is 0.236 e. The van der Waals surface area contributed by atoms with Gasteiger partial charge in [0, 0.05) is 46.2 Å². The first-order valence-electron chi connectivity index (χ1n) is 11.1. The van der Waals surface area contributed by atoms with E-state index in [9.17, 15) is 9.59 Å². The maximum Gasteiger partial charge on any atom is 0.236 e. The van der Waals surface area contributed by atoms with Gasteiger partial charge in [-0.1, -0.05) is 60.7 Å². The summed E-state index contributed by atoms with van der Waals surface area (Å²) < 4.78 is 0. The molecule has 0 aliphatic carbocycles. The Bertz CT molecular complexity index is 780. The first kappa shape index (κ1) is 23.0. The molecule has 0 radical (unpaired) electrons. The third kappa shape index (κ3) is 6.91. The van der Waals surface area contributed by atoms with E-state index in [1.807, 2.05) is 16.8 Å². The zero-order chi connectivity index (χ0) is 22.1. The highest BCUT2D eigenvalue weighted by atomic mass is 16.2. The fourth-order valence-corrected chi connectivity index (χ4v) is 4.14. The van der Waals surface area contributed by atoms with Crippen LogP contribution < -0.4 is 5.32 Å². The molecule has 2 aromatic rings. The highest BCUT2D eigenvalue weighted by Crippen LogP contribution is 2.29. The van der Waals surface area contributed by atoms with E-state index < -0.39 is 0 Å². The molecule has 0 spiro atoms. The van der Waals surface area contributed by atoms with Crippen molar-refractivity contribution < 1.29 is 9.59 Å². The molecule has 2 aromatic carbocycles. The second-order valence-corrected chi connectivity index (χ2v) is 8.21.